The lowest BCUT2D eigenvalue weighted by atomic mass is 10.0. The van der Waals surface area contributed by atoms with Gasteiger partial charge in [0.1, 0.15) is 0 Å². The molecule has 0 amide bonds. The van der Waals surface area contributed by atoms with Crippen LogP contribution < -0.4 is 9.47 Å². The minimum atomic E-state index is 0.157. The number of hydrogen-bond acceptors (Lipinski definition) is 4. The molecule has 1 heterocycles. The Morgan fingerprint density at radius 3 is 2.64 bits per heavy atom. The van der Waals surface area contributed by atoms with E-state index in [1.807, 2.05) is 0 Å². The molecule has 1 aromatic carbocycles. The standard InChI is InChI=1S/C18H25NO3/c1-14-8-11-19(12-9-14)10-4-5-16(20)15-6-7-17(21-2)18(13-15)22-3/h6-8,13H,4-5,9-12H2,1-3H3. The van der Waals surface area contributed by atoms with Crippen molar-refractivity contribution in [2.45, 2.75) is 26.2 Å². The fraction of sp³-hybridized carbons (Fsp3) is 0.500. The Kier molecular flexibility index (Phi) is 6.01. The summed E-state index contributed by atoms with van der Waals surface area (Å²) in [7, 11) is 3.17. The van der Waals surface area contributed by atoms with Crippen molar-refractivity contribution in [3.05, 3.63) is 35.4 Å². The van der Waals surface area contributed by atoms with Gasteiger partial charge in [-0.05, 0) is 44.5 Å². The van der Waals surface area contributed by atoms with Crippen LogP contribution in [0.3, 0.4) is 0 Å². The maximum absolute atomic E-state index is 12.3. The van der Waals surface area contributed by atoms with Crippen LogP contribution in [0.4, 0.5) is 0 Å². The summed E-state index contributed by atoms with van der Waals surface area (Å²) in [6, 6.07) is 5.34. The molecule has 22 heavy (non-hydrogen) atoms. The third kappa shape index (κ3) is 4.34. The zero-order chi connectivity index (χ0) is 15.9. The molecule has 0 aromatic heterocycles. The quantitative estimate of drug-likeness (QED) is 0.572. The molecule has 1 aromatic rings. The second-order valence-electron chi connectivity index (χ2n) is 5.70. The van der Waals surface area contributed by atoms with Gasteiger partial charge >= 0.3 is 0 Å². The molecular formula is C18H25NO3. The van der Waals surface area contributed by atoms with Crippen LogP contribution in [0, 0.1) is 0 Å². The zero-order valence-corrected chi connectivity index (χ0v) is 13.7. The third-order valence-corrected chi connectivity index (χ3v) is 4.10. The van der Waals surface area contributed by atoms with Gasteiger partial charge < -0.3 is 9.47 Å². The summed E-state index contributed by atoms with van der Waals surface area (Å²) in [6.07, 6.45) is 4.87. The molecule has 0 spiro atoms. The second kappa shape index (κ2) is 7.99. The van der Waals surface area contributed by atoms with Crippen LogP contribution in [0.25, 0.3) is 0 Å². The number of hydrogen-bond donors (Lipinski definition) is 0. The molecule has 4 nitrogen and oxygen atoms in total. The number of methoxy groups -OCH3 is 2. The maximum atomic E-state index is 12.3. The molecular weight excluding hydrogens is 278 g/mol. The molecule has 0 aliphatic carbocycles. The van der Waals surface area contributed by atoms with Crippen molar-refractivity contribution in [3.63, 3.8) is 0 Å². The number of Topliss-reactive ketones (excluding diaryl/α,β-unsaturated/α-hetero) is 1. The fourth-order valence-electron chi connectivity index (χ4n) is 2.63. The summed E-state index contributed by atoms with van der Waals surface area (Å²) in [5.41, 5.74) is 2.16. The van der Waals surface area contributed by atoms with E-state index in [9.17, 15) is 4.79 Å². The Morgan fingerprint density at radius 2 is 2.00 bits per heavy atom. The highest BCUT2D eigenvalue weighted by Gasteiger charge is 2.13. The Hall–Kier alpha value is -1.81. The normalized spacial score (nSPS) is 15.3. The number of carbonyl (C=O) groups is 1. The Balaban J connectivity index is 1.84. The van der Waals surface area contributed by atoms with Crippen molar-refractivity contribution in [2.75, 3.05) is 33.9 Å². The van der Waals surface area contributed by atoms with Crippen molar-refractivity contribution in [2.24, 2.45) is 0 Å². The lowest BCUT2D eigenvalue weighted by Gasteiger charge is -2.24. The average molecular weight is 303 g/mol. The van der Waals surface area contributed by atoms with Crippen LogP contribution >= 0.6 is 0 Å². The highest BCUT2D eigenvalue weighted by atomic mass is 16.5. The summed E-state index contributed by atoms with van der Waals surface area (Å²) in [5, 5.41) is 0. The van der Waals surface area contributed by atoms with Gasteiger partial charge in [0, 0.05) is 25.1 Å². The van der Waals surface area contributed by atoms with E-state index >= 15 is 0 Å². The minimum Gasteiger partial charge on any atom is -0.493 e. The van der Waals surface area contributed by atoms with Crippen molar-refractivity contribution in [1.29, 1.82) is 0 Å². The Bertz CT molecular complexity index is 551. The number of carbonyl (C=O) groups excluding carboxylic acids is 1. The number of rotatable bonds is 7. The molecule has 1 aliphatic rings. The molecule has 120 valence electrons. The first-order valence-corrected chi connectivity index (χ1v) is 7.77. The smallest absolute Gasteiger partial charge is 0.163 e. The molecule has 0 atom stereocenters. The molecule has 0 radical (unpaired) electrons. The van der Waals surface area contributed by atoms with E-state index in [1.54, 1.807) is 32.4 Å². The van der Waals surface area contributed by atoms with Gasteiger partial charge in [-0.25, -0.2) is 0 Å². The average Bonchev–Trinajstić information content (AvgIpc) is 2.55. The van der Waals surface area contributed by atoms with Gasteiger partial charge in [0.25, 0.3) is 0 Å². The van der Waals surface area contributed by atoms with Crippen LogP contribution in [-0.2, 0) is 0 Å². The van der Waals surface area contributed by atoms with E-state index in [0.29, 0.717) is 23.5 Å². The number of benzene rings is 1. The lowest BCUT2D eigenvalue weighted by Crippen LogP contribution is -2.29. The molecule has 0 bridgehead atoms. The molecule has 0 N–H and O–H groups in total. The lowest BCUT2D eigenvalue weighted by molar-refractivity contribution is 0.0974. The van der Waals surface area contributed by atoms with Gasteiger partial charge in [-0.1, -0.05) is 11.6 Å². The van der Waals surface area contributed by atoms with E-state index in [1.165, 1.54) is 5.57 Å². The number of ketones is 1. The molecule has 0 unspecified atom stereocenters. The first kappa shape index (κ1) is 16.6. The van der Waals surface area contributed by atoms with Crippen molar-refractivity contribution in [1.82, 2.24) is 4.90 Å². The fourth-order valence-corrected chi connectivity index (χ4v) is 2.63. The van der Waals surface area contributed by atoms with Gasteiger partial charge in [-0.15, -0.1) is 0 Å². The van der Waals surface area contributed by atoms with Crippen molar-refractivity contribution in [3.8, 4) is 11.5 Å². The summed E-state index contributed by atoms with van der Waals surface area (Å²) >= 11 is 0. The summed E-state index contributed by atoms with van der Waals surface area (Å²) in [4.78, 5) is 14.7. The zero-order valence-electron chi connectivity index (χ0n) is 13.7. The molecule has 2 rings (SSSR count). The van der Waals surface area contributed by atoms with Crippen LogP contribution in [0.2, 0.25) is 0 Å². The minimum absolute atomic E-state index is 0.157. The first-order chi connectivity index (χ1) is 10.6. The van der Waals surface area contributed by atoms with Gasteiger partial charge in [-0.2, -0.15) is 0 Å². The Labute approximate surface area is 132 Å². The molecule has 1 aliphatic heterocycles. The maximum Gasteiger partial charge on any atom is 0.163 e. The predicted molar refractivity (Wildman–Crippen MR) is 87.9 cm³/mol. The van der Waals surface area contributed by atoms with Crippen LogP contribution in [0.1, 0.15) is 36.5 Å². The second-order valence-corrected chi connectivity index (χ2v) is 5.70. The van der Waals surface area contributed by atoms with E-state index < -0.39 is 0 Å². The van der Waals surface area contributed by atoms with Gasteiger partial charge in [0.2, 0.25) is 0 Å². The molecule has 0 fully saturated rings. The third-order valence-electron chi connectivity index (χ3n) is 4.10. The van der Waals surface area contributed by atoms with Gasteiger partial charge in [0.15, 0.2) is 17.3 Å². The first-order valence-electron chi connectivity index (χ1n) is 7.77. The Morgan fingerprint density at radius 1 is 1.23 bits per heavy atom. The van der Waals surface area contributed by atoms with E-state index in [-0.39, 0.29) is 5.78 Å². The number of ether oxygens (including phenoxy) is 2. The molecule has 0 saturated heterocycles. The summed E-state index contributed by atoms with van der Waals surface area (Å²) < 4.78 is 10.4. The highest BCUT2D eigenvalue weighted by molar-refractivity contribution is 5.96. The van der Waals surface area contributed by atoms with Crippen LogP contribution in [0.5, 0.6) is 11.5 Å². The van der Waals surface area contributed by atoms with E-state index in [4.69, 9.17) is 9.47 Å². The van der Waals surface area contributed by atoms with Crippen LogP contribution in [0.15, 0.2) is 29.8 Å². The van der Waals surface area contributed by atoms with Crippen molar-refractivity contribution >= 4 is 5.78 Å². The summed E-state index contributed by atoms with van der Waals surface area (Å²) in [5.74, 6) is 1.41. The van der Waals surface area contributed by atoms with Crippen molar-refractivity contribution < 1.29 is 14.3 Å². The van der Waals surface area contributed by atoms with E-state index in [0.717, 1.165) is 32.5 Å². The predicted octanol–water partition coefficient (Wildman–Crippen LogP) is 3.32. The topological polar surface area (TPSA) is 38.8 Å². The highest BCUT2D eigenvalue weighted by Crippen LogP contribution is 2.28. The van der Waals surface area contributed by atoms with Crippen LogP contribution in [-0.4, -0.2) is 44.5 Å². The van der Waals surface area contributed by atoms with Gasteiger partial charge in [0.05, 0.1) is 14.2 Å². The van der Waals surface area contributed by atoms with Gasteiger partial charge in [-0.3, -0.25) is 9.69 Å². The largest absolute Gasteiger partial charge is 0.493 e. The summed E-state index contributed by atoms with van der Waals surface area (Å²) in [6.45, 7) is 5.27. The monoisotopic (exact) mass is 303 g/mol. The van der Waals surface area contributed by atoms with E-state index in [2.05, 4.69) is 17.9 Å². The molecule has 4 heteroatoms. The molecule has 0 saturated carbocycles. The number of nitrogens with zero attached hydrogens (tertiary/aromatic N) is 1. The SMILES string of the molecule is COc1ccc(C(=O)CCCN2CC=C(C)CC2)cc1OC.